The number of methoxy groups -OCH3 is 1. The number of ether oxygens (including phenoxy) is 1. The van der Waals surface area contributed by atoms with Crippen molar-refractivity contribution in [2.45, 2.75) is 0 Å². The Bertz CT molecular complexity index is 609. The van der Waals surface area contributed by atoms with Crippen LogP contribution in [0.2, 0.25) is 0 Å². The molecule has 2 rings (SSSR count). The normalized spacial score (nSPS) is 10.6. The summed E-state index contributed by atoms with van der Waals surface area (Å²) >= 11 is 0. The highest BCUT2D eigenvalue weighted by Gasteiger charge is 2.09. The van der Waals surface area contributed by atoms with E-state index < -0.39 is 5.91 Å². The predicted octanol–water partition coefficient (Wildman–Crippen LogP) is 3.21. The van der Waals surface area contributed by atoms with Gasteiger partial charge in [-0.3, -0.25) is 4.79 Å². The van der Waals surface area contributed by atoms with Gasteiger partial charge in [0.2, 0.25) is 0 Å². The number of azo groups is 1. The second-order valence-electron chi connectivity index (χ2n) is 3.78. The van der Waals surface area contributed by atoms with Gasteiger partial charge in [0.1, 0.15) is 11.4 Å². The molecule has 0 unspecified atom stereocenters. The van der Waals surface area contributed by atoms with Gasteiger partial charge in [-0.2, -0.15) is 5.11 Å². The fourth-order valence-electron chi connectivity index (χ4n) is 1.54. The van der Waals surface area contributed by atoms with Crippen molar-refractivity contribution in [3.05, 3.63) is 54.1 Å². The molecule has 0 aromatic heterocycles. The van der Waals surface area contributed by atoms with E-state index in [0.29, 0.717) is 22.7 Å². The Labute approximate surface area is 110 Å². The first kappa shape index (κ1) is 12.8. The number of hydrogen-bond donors (Lipinski definition) is 1. The van der Waals surface area contributed by atoms with Crippen LogP contribution in [0.3, 0.4) is 0 Å². The molecule has 0 aliphatic carbocycles. The van der Waals surface area contributed by atoms with Gasteiger partial charge < -0.3 is 10.5 Å². The fourth-order valence-corrected chi connectivity index (χ4v) is 1.54. The second-order valence-corrected chi connectivity index (χ2v) is 3.78. The highest BCUT2D eigenvalue weighted by atomic mass is 16.5. The number of carbonyl (C=O) groups is 1. The molecule has 5 heteroatoms. The Kier molecular flexibility index (Phi) is 3.87. The maximum Gasteiger partial charge on any atom is 0.250 e. The summed E-state index contributed by atoms with van der Waals surface area (Å²) in [5.41, 5.74) is 6.68. The molecule has 96 valence electrons. The van der Waals surface area contributed by atoms with Gasteiger partial charge in [0.15, 0.2) is 0 Å². The van der Waals surface area contributed by atoms with Crippen molar-refractivity contribution in [2.24, 2.45) is 16.0 Å². The highest BCUT2D eigenvalue weighted by Crippen LogP contribution is 2.26. The summed E-state index contributed by atoms with van der Waals surface area (Å²) in [6, 6.07) is 14.1. The summed E-state index contributed by atoms with van der Waals surface area (Å²) in [6.45, 7) is 0. The van der Waals surface area contributed by atoms with Gasteiger partial charge in [-0.1, -0.05) is 18.2 Å². The maximum absolute atomic E-state index is 11.3. The zero-order valence-corrected chi connectivity index (χ0v) is 10.4. The van der Waals surface area contributed by atoms with Crippen molar-refractivity contribution < 1.29 is 9.53 Å². The smallest absolute Gasteiger partial charge is 0.250 e. The molecule has 0 bridgehead atoms. The molecule has 0 saturated carbocycles. The average Bonchev–Trinajstić information content (AvgIpc) is 2.45. The number of nitrogens with zero attached hydrogens (tertiary/aromatic N) is 2. The van der Waals surface area contributed by atoms with Gasteiger partial charge >= 0.3 is 0 Å². The summed E-state index contributed by atoms with van der Waals surface area (Å²) < 4.78 is 5.09. The Morgan fingerprint density at radius 3 is 2.47 bits per heavy atom. The molecule has 0 fully saturated rings. The van der Waals surface area contributed by atoms with Gasteiger partial charge in [-0.15, -0.1) is 5.11 Å². The minimum Gasteiger partial charge on any atom is -0.497 e. The molecule has 0 saturated heterocycles. The lowest BCUT2D eigenvalue weighted by Crippen LogP contribution is -2.10. The van der Waals surface area contributed by atoms with E-state index in [-0.39, 0.29) is 0 Å². The summed E-state index contributed by atoms with van der Waals surface area (Å²) in [6.07, 6.45) is 0. The first-order valence-electron chi connectivity index (χ1n) is 5.65. The second kappa shape index (κ2) is 5.77. The van der Waals surface area contributed by atoms with E-state index in [9.17, 15) is 4.79 Å². The third-order valence-electron chi connectivity index (χ3n) is 2.50. The molecular weight excluding hydrogens is 242 g/mol. The third kappa shape index (κ3) is 3.16. The molecular formula is C14H13N3O2. The molecule has 0 aliphatic heterocycles. The minimum atomic E-state index is -0.551. The molecule has 1 amide bonds. The highest BCUT2D eigenvalue weighted by molar-refractivity contribution is 5.97. The van der Waals surface area contributed by atoms with Crippen molar-refractivity contribution >= 4 is 17.3 Å². The van der Waals surface area contributed by atoms with Crippen molar-refractivity contribution in [1.29, 1.82) is 0 Å². The van der Waals surface area contributed by atoms with Crippen LogP contribution in [0.1, 0.15) is 10.4 Å². The van der Waals surface area contributed by atoms with Crippen molar-refractivity contribution in [2.75, 3.05) is 7.11 Å². The number of hydrogen-bond acceptors (Lipinski definition) is 4. The molecule has 0 radical (unpaired) electrons. The average molecular weight is 255 g/mol. The standard InChI is InChI=1S/C14H13N3O2/c1-19-11-7-8-12(14(15)18)13(9-11)17-16-10-5-3-2-4-6-10/h2-9H,1H3,(H2,15,18)/b17-16+. The third-order valence-corrected chi connectivity index (χ3v) is 2.50. The van der Waals surface area contributed by atoms with Crippen molar-refractivity contribution in [3.8, 4) is 5.75 Å². The minimum absolute atomic E-state index is 0.306. The molecule has 2 aromatic carbocycles. The van der Waals surface area contributed by atoms with Crippen molar-refractivity contribution in [1.82, 2.24) is 0 Å². The van der Waals surface area contributed by atoms with E-state index in [1.54, 1.807) is 18.2 Å². The Morgan fingerprint density at radius 2 is 1.84 bits per heavy atom. The zero-order valence-electron chi connectivity index (χ0n) is 10.4. The summed E-state index contributed by atoms with van der Waals surface area (Å²) in [7, 11) is 1.54. The van der Waals surface area contributed by atoms with Crippen molar-refractivity contribution in [3.63, 3.8) is 0 Å². The fraction of sp³-hybridized carbons (Fsp3) is 0.0714. The monoisotopic (exact) mass is 255 g/mol. The molecule has 19 heavy (non-hydrogen) atoms. The maximum atomic E-state index is 11.3. The lowest BCUT2D eigenvalue weighted by molar-refractivity contribution is 0.100. The van der Waals surface area contributed by atoms with Crippen LogP contribution < -0.4 is 10.5 Å². The molecule has 5 nitrogen and oxygen atoms in total. The van der Waals surface area contributed by atoms with Gasteiger partial charge in [-0.25, -0.2) is 0 Å². The van der Waals surface area contributed by atoms with Crippen LogP contribution in [0.15, 0.2) is 58.8 Å². The summed E-state index contributed by atoms with van der Waals surface area (Å²) in [5.74, 6) is 0.0386. The van der Waals surface area contributed by atoms with Crippen LogP contribution in [0.5, 0.6) is 5.75 Å². The summed E-state index contributed by atoms with van der Waals surface area (Å²) in [5, 5.41) is 8.11. The molecule has 0 atom stereocenters. The number of primary amides is 1. The quantitative estimate of drug-likeness (QED) is 0.851. The topological polar surface area (TPSA) is 77.0 Å². The number of amides is 1. The van der Waals surface area contributed by atoms with E-state index in [0.717, 1.165) is 0 Å². The Hall–Kier alpha value is -2.69. The van der Waals surface area contributed by atoms with Crippen LogP contribution in [0.4, 0.5) is 11.4 Å². The number of nitrogens with two attached hydrogens (primary N) is 1. The van der Waals surface area contributed by atoms with Crippen LogP contribution in [0, 0.1) is 0 Å². The van der Waals surface area contributed by atoms with Crippen LogP contribution in [-0.2, 0) is 0 Å². The molecule has 0 heterocycles. The first-order valence-corrected chi connectivity index (χ1v) is 5.65. The molecule has 0 aliphatic rings. The SMILES string of the molecule is COc1ccc(C(N)=O)c(/N=N/c2ccccc2)c1. The van der Waals surface area contributed by atoms with Gasteiger partial charge in [0.05, 0.1) is 18.4 Å². The predicted molar refractivity (Wildman–Crippen MR) is 72.1 cm³/mol. The first-order chi connectivity index (χ1) is 9.20. The van der Waals surface area contributed by atoms with Crippen LogP contribution in [-0.4, -0.2) is 13.0 Å². The lowest BCUT2D eigenvalue weighted by Gasteiger charge is -2.04. The molecule has 2 aromatic rings. The van der Waals surface area contributed by atoms with Crippen LogP contribution >= 0.6 is 0 Å². The number of carbonyl (C=O) groups excluding carboxylic acids is 1. The zero-order chi connectivity index (χ0) is 13.7. The van der Waals surface area contributed by atoms with E-state index in [4.69, 9.17) is 10.5 Å². The van der Waals surface area contributed by atoms with E-state index in [1.165, 1.54) is 7.11 Å². The van der Waals surface area contributed by atoms with E-state index in [2.05, 4.69) is 10.2 Å². The Morgan fingerprint density at radius 1 is 1.11 bits per heavy atom. The van der Waals surface area contributed by atoms with Gasteiger partial charge in [-0.05, 0) is 24.3 Å². The lowest BCUT2D eigenvalue weighted by atomic mass is 10.1. The molecule has 0 spiro atoms. The summed E-state index contributed by atoms with van der Waals surface area (Å²) in [4.78, 5) is 11.3. The Balaban J connectivity index is 2.37. The number of rotatable bonds is 4. The molecule has 2 N–H and O–H groups in total. The van der Waals surface area contributed by atoms with Gasteiger partial charge in [0.25, 0.3) is 5.91 Å². The van der Waals surface area contributed by atoms with Crippen LogP contribution in [0.25, 0.3) is 0 Å². The van der Waals surface area contributed by atoms with Gasteiger partial charge in [0, 0.05) is 6.07 Å². The van der Waals surface area contributed by atoms with E-state index >= 15 is 0 Å². The largest absolute Gasteiger partial charge is 0.497 e. The van der Waals surface area contributed by atoms with E-state index in [1.807, 2.05) is 30.3 Å². The number of benzene rings is 2.